The van der Waals surface area contributed by atoms with Crippen LogP contribution in [-0.4, -0.2) is 29.9 Å². The van der Waals surface area contributed by atoms with Crippen molar-refractivity contribution in [2.24, 2.45) is 11.7 Å². The maximum Gasteiger partial charge on any atom is 0.223 e. The van der Waals surface area contributed by atoms with Gasteiger partial charge in [-0.2, -0.15) is 0 Å². The number of hydrogen-bond acceptors (Lipinski definition) is 2. The number of nitrogens with two attached hydrogens (primary N) is 1. The molecule has 3 nitrogen and oxygen atoms in total. The molecule has 1 rings (SSSR count). The van der Waals surface area contributed by atoms with Crippen molar-refractivity contribution in [1.82, 2.24) is 4.90 Å². The van der Waals surface area contributed by atoms with E-state index in [1.165, 1.54) is 6.42 Å². The van der Waals surface area contributed by atoms with Crippen LogP contribution < -0.4 is 5.73 Å². The second-order valence-electron chi connectivity index (χ2n) is 4.48. The van der Waals surface area contributed by atoms with E-state index in [2.05, 4.69) is 12.8 Å². The second kappa shape index (κ2) is 6.55. The predicted molar refractivity (Wildman–Crippen MR) is 65.6 cm³/mol. The van der Waals surface area contributed by atoms with Crippen LogP contribution in [0.5, 0.6) is 0 Å². The third kappa shape index (κ3) is 3.24. The van der Waals surface area contributed by atoms with E-state index in [0.717, 1.165) is 25.3 Å². The number of rotatable bonds is 4. The number of carbonyl (C=O) groups is 1. The largest absolute Gasteiger partial charge is 0.338 e. The van der Waals surface area contributed by atoms with Gasteiger partial charge in [0.15, 0.2) is 0 Å². The van der Waals surface area contributed by atoms with Gasteiger partial charge in [-0.05, 0) is 18.8 Å². The van der Waals surface area contributed by atoms with Crippen LogP contribution >= 0.6 is 0 Å². The Labute approximate surface area is 98.4 Å². The Morgan fingerprint density at radius 1 is 1.62 bits per heavy atom. The van der Waals surface area contributed by atoms with E-state index in [1.54, 1.807) is 0 Å². The van der Waals surface area contributed by atoms with Crippen molar-refractivity contribution in [3.63, 3.8) is 0 Å². The Balaban J connectivity index is 2.53. The molecular weight excluding hydrogens is 200 g/mol. The van der Waals surface area contributed by atoms with Gasteiger partial charge < -0.3 is 10.6 Å². The maximum atomic E-state index is 11.9. The number of piperidine rings is 1. The summed E-state index contributed by atoms with van der Waals surface area (Å²) in [5.41, 5.74) is 5.74. The predicted octanol–water partition coefficient (Wildman–Crippen LogP) is 1.38. The summed E-state index contributed by atoms with van der Waals surface area (Å²) >= 11 is 0. The first-order valence-electron chi connectivity index (χ1n) is 6.15. The molecule has 3 heteroatoms. The van der Waals surface area contributed by atoms with E-state index in [-0.39, 0.29) is 11.9 Å². The van der Waals surface area contributed by atoms with Crippen LogP contribution in [-0.2, 0) is 4.79 Å². The minimum absolute atomic E-state index is 0.169. The number of hydrogen-bond donors (Lipinski definition) is 1. The van der Waals surface area contributed by atoms with Gasteiger partial charge in [0.1, 0.15) is 0 Å². The van der Waals surface area contributed by atoms with E-state index in [0.29, 0.717) is 19.4 Å². The zero-order valence-corrected chi connectivity index (χ0v) is 10.1. The van der Waals surface area contributed by atoms with Crippen LogP contribution in [0.15, 0.2) is 0 Å². The summed E-state index contributed by atoms with van der Waals surface area (Å²) in [6, 6.07) is 0.226. The first-order valence-corrected chi connectivity index (χ1v) is 6.15. The number of amides is 1. The van der Waals surface area contributed by atoms with Gasteiger partial charge in [-0.25, -0.2) is 0 Å². The van der Waals surface area contributed by atoms with Gasteiger partial charge in [0.05, 0.1) is 0 Å². The molecular formula is C13H22N2O. The highest BCUT2D eigenvalue weighted by molar-refractivity contribution is 5.76. The molecule has 2 unspecified atom stereocenters. The van der Waals surface area contributed by atoms with Crippen LogP contribution in [0.2, 0.25) is 0 Å². The Hall–Kier alpha value is -1.01. The molecule has 1 amide bonds. The highest BCUT2D eigenvalue weighted by atomic mass is 16.2. The number of likely N-dealkylation sites (tertiary alicyclic amines) is 1. The smallest absolute Gasteiger partial charge is 0.223 e. The topological polar surface area (TPSA) is 46.3 Å². The summed E-state index contributed by atoms with van der Waals surface area (Å²) in [6.07, 6.45) is 9.51. The summed E-state index contributed by atoms with van der Waals surface area (Å²) in [7, 11) is 0. The molecule has 1 fully saturated rings. The molecule has 90 valence electrons. The second-order valence-corrected chi connectivity index (χ2v) is 4.48. The van der Waals surface area contributed by atoms with Crippen LogP contribution in [0.25, 0.3) is 0 Å². The molecule has 16 heavy (non-hydrogen) atoms. The molecule has 2 atom stereocenters. The first-order chi connectivity index (χ1) is 7.72. The van der Waals surface area contributed by atoms with Crippen LogP contribution in [0.1, 0.15) is 39.0 Å². The highest BCUT2D eigenvalue weighted by Crippen LogP contribution is 2.25. The molecule has 0 radical (unpaired) electrons. The van der Waals surface area contributed by atoms with Gasteiger partial charge in [-0.15, -0.1) is 12.3 Å². The lowest BCUT2D eigenvalue weighted by Gasteiger charge is -2.38. The summed E-state index contributed by atoms with van der Waals surface area (Å²) in [4.78, 5) is 13.8. The zero-order valence-electron chi connectivity index (χ0n) is 10.1. The van der Waals surface area contributed by atoms with Gasteiger partial charge in [0.25, 0.3) is 0 Å². The van der Waals surface area contributed by atoms with Crippen molar-refractivity contribution in [2.45, 2.75) is 45.1 Å². The molecule has 0 saturated carbocycles. The Kier molecular flexibility index (Phi) is 5.34. The summed E-state index contributed by atoms with van der Waals surface area (Å²) < 4.78 is 0. The fourth-order valence-corrected chi connectivity index (χ4v) is 2.38. The van der Waals surface area contributed by atoms with E-state index in [9.17, 15) is 4.79 Å². The van der Waals surface area contributed by atoms with Gasteiger partial charge in [0.2, 0.25) is 5.91 Å². The molecule has 1 heterocycles. The molecule has 0 aromatic carbocycles. The minimum atomic E-state index is 0.169. The summed E-state index contributed by atoms with van der Waals surface area (Å²) in [6.45, 7) is 3.62. The van der Waals surface area contributed by atoms with Gasteiger partial charge in [0, 0.05) is 32.0 Å². The van der Waals surface area contributed by atoms with Gasteiger partial charge in [-0.1, -0.05) is 13.3 Å². The standard InChI is InChI=1S/C13H22N2O/c1-3-5-6-13(16)15-8-7-11(4-2)9-12(15)10-14/h1,11-12H,4-10,14H2,2H3. The molecule has 1 aliphatic rings. The monoisotopic (exact) mass is 222 g/mol. The van der Waals surface area contributed by atoms with Crippen LogP contribution in [0.4, 0.5) is 0 Å². The summed E-state index contributed by atoms with van der Waals surface area (Å²) in [5, 5.41) is 0. The normalized spacial score (nSPS) is 25.2. The Morgan fingerprint density at radius 2 is 2.38 bits per heavy atom. The van der Waals surface area contributed by atoms with Crippen molar-refractivity contribution in [1.29, 1.82) is 0 Å². The van der Waals surface area contributed by atoms with Crippen LogP contribution in [0.3, 0.4) is 0 Å². The van der Waals surface area contributed by atoms with Gasteiger partial charge >= 0.3 is 0 Å². The number of terminal acetylenes is 1. The third-order valence-electron chi connectivity index (χ3n) is 3.48. The minimum Gasteiger partial charge on any atom is -0.338 e. The molecule has 0 aliphatic carbocycles. The molecule has 0 aromatic heterocycles. The number of carbonyl (C=O) groups excluding carboxylic acids is 1. The van der Waals surface area contributed by atoms with E-state index < -0.39 is 0 Å². The molecule has 2 N–H and O–H groups in total. The Bertz CT molecular complexity index is 270. The van der Waals surface area contributed by atoms with Crippen molar-refractivity contribution in [3.8, 4) is 12.3 Å². The van der Waals surface area contributed by atoms with Crippen molar-refractivity contribution in [3.05, 3.63) is 0 Å². The van der Waals surface area contributed by atoms with E-state index >= 15 is 0 Å². The number of nitrogens with zero attached hydrogens (tertiary/aromatic N) is 1. The molecule has 1 saturated heterocycles. The van der Waals surface area contributed by atoms with Crippen molar-refractivity contribution in [2.75, 3.05) is 13.1 Å². The fraction of sp³-hybridized carbons (Fsp3) is 0.769. The molecule has 0 aromatic rings. The maximum absolute atomic E-state index is 11.9. The molecule has 1 aliphatic heterocycles. The molecule has 0 bridgehead atoms. The average Bonchev–Trinajstić information content (AvgIpc) is 2.34. The van der Waals surface area contributed by atoms with Crippen molar-refractivity contribution < 1.29 is 4.79 Å². The van der Waals surface area contributed by atoms with Crippen molar-refractivity contribution >= 4 is 5.91 Å². The first kappa shape index (κ1) is 13.1. The quantitative estimate of drug-likeness (QED) is 0.730. The third-order valence-corrected chi connectivity index (χ3v) is 3.48. The fourth-order valence-electron chi connectivity index (χ4n) is 2.38. The average molecular weight is 222 g/mol. The summed E-state index contributed by atoms with van der Waals surface area (Å²) in [5.74, 6) is 3.41. The highest BCUT2D eigenvalue weighted by Gasteiger charge is 2.29. The lowest BCUT2D eigenvalue weighted by atomic mass is 9.88. The SMILES string of the molecule is C#CCCC(=O)N1CCC(CC)CC1CN. The van der Waals surface area contributed by atoms with Crippen LogP contribution in [0, 0.1) is 18.3 Å². The van der Waals surface area contributed by atoms with Gasteiger partial charge in [-0.3, -0.25) is 4.79 Å². The lowest BCUT2D eigenvalue weighted by molar-refractivity contribution is -0.135. The lowest BCUT2D eigenvalue weighted by Crippen LogP contribution is -2.49. The van der Waals surface area contributed by atoms with E-state index in [4.69, 9.17) is 12.2 Å². The zero-order chi connectivity index (χ0) is 12.0. The molecule has 0 spiro atoms. The Morgan fingerprint density at radius 3 is 2.94 bits per heavy atom. The van der Waals surface area contributed by atoms with E-state index in [1.807, 2.05) is 4.90 Å².